The normalized spacial score (nSPS) is 24.9. The molecular formula is C22H25ClFN5O2. The maximum atomic E-state index is 15.1. The molecule has 2 aliphatic carbocycles. The minimum absolute atomic E-state index is 0.157. The second-order valence-corrected chi connectivity index (χ2v) is 10.2. The van der Waals surface area contributed by atoms with Crippen LogP contribution in [-0.2, 0) is 11.2 Å². The van der Waals surface area contributed by atoms with E-state index in [4.69, 9.17) is 26.7 Å². The molecule has 9 heteroatoms. The van der Waals surface area contributed by atoms with Crippen LogP contribution in [0.4, 0.5) is 9.18 Å². The summed E-state index contributed by atoms with van der Waals surface area (Å²) in [6, 6.07) is 2.32. The monoisotopic (exact) mass is 445 g/mol. The molecule has 0 bridgehead atoms. The van der Waals surface area contributed by atoms with E-state index in [0.717, 1.165) is 18.5 Å². The molecule has 3 fully saturated rings. The van der Waals surface area contributed by atoms with E-state index in [0.29, 0.717) is 36.1 Å². The number of likely N-dealkylation sites (tertiary alicyclic amines) is 1. The molecule has 0 aromatic carbocycles. The highest BCUT2D eigenvalue weighted by atomic mass is 35.5. The van der Waals surface area contributed by atoms with E-state index in [9.17, 15) is 4.79 Å². The highest BCUT2D eigenvalue weighted by Gasteiger charge is 2.59. The van der Waals surface area contributed by atoms with E-state index in [1.54, 1.807) is 9.58 Å². The van der Waals surface area contributed by atoms with Crippen molar-refractivity contribution in [2.24, 2.45) is 11.8 Å². The Morgan fingerprint density at radius 2 is 2.00 bits per heavy atom. The molecule has 7 nitrogen and oxygen atoms in total. The maximum absolute atomic E-state index is 15.1. The van der Waals surface area contributed by atoms with E-state index in [-0.39, 0.29) is 41.5 Å². The SMILES string of the molecule is CC(C)(C)OC(=O)N1CC2C(C1)C2c1nn(C2CC2)c2c(F)c(Cl)nc(CCC#N)c12. The molecular weight excluding hydrogens is 421 g/mol. The highest BCUT2D eigenvalue weighted by molar-refractivity contribution is 6.30. The second-order valence-electron chi connectivity index (χ2n) is 9.84. The first-order chi connectivity index (χ1) is 14.7. The lowest BCUT2D eigenvalue weighted by molar-refractivity contribution is 0.0271. The van der Waals surface area contributed by atoms with E-state index in [2.05, 4.69) is 11.1 Å². The minimum Gasteiger partial charge on any atom is -0.444 e. The zero-order valence-corrected chi connectivity index (χ0v) is 18.6. The van der Waals surface area contributed by atoms with Crippen LogP contribution in [0.3, 0.4) is 0 Å². The smallest absolute Gasteiger partial charge is 0.410 e. The molecule has 2 aromatic rings. The lowest BCUT2D eigenvalue weighted by Gasteiger charge is -2.25. The fourth-order valence-electron chi connectivity index (χ4n) is 4.85. The van der Waals surface area contributed by atoms with Gasteiger partial charge in [0, 0.05) is 37.2 Å². The van der Waals surface area contributed by atoms with Crippen LogP contribution in [0.15, 0.2) is 0 Å². The molecule has 2 saturated carbocycles. The summed E-state index contributed by atoms with van der Waals surface area (Å²) in [6.45, 7) is 6.79. The second kappa shape index (κ2) is 7.06. The van der Waals surface area contributed by atoms with Crippen molar-refractivity contribution < 1.29 is 13.9 Å². The van der Waals surface area contributed by atoms with Crippen molar-refractivity contribution in [2.75, 3.05) is 13.1 Å². The molecule has 2 unspecified atom stereocenters. The minimum atomic E-state index is -0.538. The number of pyridine rings is 1. The zero-order valence-electron chi connectivity index (χ0n) is 17.9. The van der Waals surface area contributed by atoms with Crippen molar-refractivity contribution in [1.82, 2.24) is 19.7 Å². The van der Waals surface area contributed by atoms with Crippen LogP contribution in [0, 0.1) is 29.0 Å². The van der Waals surface area contributed by atoms with E-state index in [1.807, 2.05) is 20.8 Å². The van der Waals surface area contributed by atoms with Crippen LogP contribution in [0.1, 0.15) is 63.4 Å². The summed E-state index contributed by atoms with van der Waals surface area (Å²) in [5, 5.41) is 14.5. The quantitative estimate of drug-likeness (QED) is 0.642. The van der Waals surface area contributed by atoms with Gasteiger partial charge in [-0.05, 0) is 45.4 Å². The van der Waals surface area contributed by atoms with Crippen molar-refractivity contribution in [3.8, 4) is 6.07 Å². The number of piperidine rings is 1. The number of halogens is 2. The van der Waals surface area contributed by atoms with Crippen LogP contribution in [0.5, 0.6) is 0 Å². The molecule has 2 aromatic heterocycles. The van der Waals surface area contributed by atoms with Gasteiger partial charge in [-0.3, -0.25) is 4.68 Å². The summed E-state index contributed by atoms with van der Waals surface area (Å²) in [5.41, 5.74) is 1.37. The van der Waals surface area contributed by atoms with Gasteiger partial charge in [-0.25, -0.2) is 14.2 Å². The summed E-state index contributed by atoms with van der Waals surface area (Å²) in [7, 11) is 0. The van der Waals surface area contributed by atoms with Crippen molar-refractivity contribution in [3.63, 3.8) is 0 Å². The first-order valence-corrected chi connectivity index (χ1v) is 11.2. The Morgan fingerprint density at radius 1 is 1.32 bits per heavy atom. The number of ether oxygens (including phenoxy) is 1. The van der Waals surface area contributed by atoms with E-state index < -0.39 is 11.4 Å². The van der Waals surface area contributed by atoms with Gasteiger partial charge in [0.05, 0.1) is 23.5 Å². The van der Waals surface area contributed by atoms with Gasteiger partial charge in [0.25, 0.3) is 0 Å². The number of rotatable bonds is 4. The van der Waals surface area contributed by atoms with Gasteiger partial charge in [0.15, 0.2) is 11.0 Å². The van der Waals surface area contributed by atoms with Gasteiger partial charge in [-0.15, -0.1) is 0 Å². The standard InChI is InChI=1S/C22H25ClFN5O2/c1-22(2,3)31-21(30)28-9-12-13(10-28)15(12)18-16-14(5-4-8-25)26-20(23)17(24)19(16)29(27-18)11-6-7-11/h11-13,15H,4-7,9-10H2,1-3H3. The van der Waals surface area contributed by atoms with Crippen LogP contribution in [0.2, 0.25) is 5.15 Å². The molecule has 3 heterocycles. The predicted octanol–water partition coefficient (Wildman–Crippen LogP) is 4.60. The predicted molar refractivity (Wildman–Crippen MR) is 112 cm³/mol. The number of hydrogen-bond donors (Lipinski definition) is 0. The van der Waals surface area contributed by atoms with Crippen molar-refractivity contribution >= 4 is 28.6 Å². The zero-order chi connectivity index (χ0) is 22.1. The summed E-state index contributed by atoms with van der Waals surface area (Å²) < 4.78 is 22.4. The number of carbonyl (C=O) groups excluding carboxylic acids is 1. The molecule has 1 amide bonds. The highest BCUT2D eigenvalue weighted by Crippen LogP contribution is 2.60. The number of nitriles is 1. The van der Waals surface area contributed by atoms with Crippen molar-refractivity contribution in [1.29, 1.82) is 5.26 Å². The Balaban J connectivity index is 1.48. The first-order valence-electron chi connectivity index (χ1n) is 10.8. The molecule has 0 radical (unpaired) electrons. The average Bonchev–Trinajstić information content (AvgIpc) is 3.57. The number of aromatic nitrogens is 3. The summed E-state index contributed by atoms with van der Waals surface area (Å²) in [6.07, 6.45) is 2.33. The number of hydrogen-bond acceptors (Lipinski definition) is 5. The number of fused-ring (bicyclic) bond motifs is 2. The third kappa shape index (κ3) is 3.53. The Morgan fingerprint density at radius 3 is 2.58 bits per heavy atom. The molecule has 164 valence electrons. The number of carbonyl (C=O) groups is 1. The summed E-state index contributed by atoms with van der Waals surface area (Å²) in [5.74, 6) is 0.176. The van der Waals surface area contributed by atoms with Crippen molar-refractivity contribution in [2.45, 2.75) is 64.0 Å². The molecule has 3 aliphatic rings. The first kappa shape index (κ1) is 20.5. The van der Waals surface area contributed by atoms with E-state index in [1.165, 1.54) is 0 Å². The average molecular weight is 446 g/mol. The fourth-order valence-corrected chi connectivity index (χ4v) is 5.04. The maximum Gasteiger partial charge on any atom is 0.410 e. The number of nitrogens with zero attached hydrogens (tertiary/aromatic N) is 5. The number of amides is 1. The summed E-state index contributed by atoms with van der Waals surface area (Å²) >= 11 is 6.11. The fraction of sp³-hybridized carbons (Fsp3) is 0.636. The van der Waals surface area contributed by atoms with Gasteiger partial charge in [-0.2, -0.15) is 10.4 Å². The van der Waals surface area contributed by atoms with Crippen LogP contribution >= 0.6 is 11.6 Å². The van der Waals surface area contributed by atoms with Crippen LogP contribution in [0.25, 0.3) is 10.9 Å². The van der Waals surface area contributed by atoms with Crippen LogP contribution in [-0.4, -0.2) is 44.4 Å². The van der Waals surface area contributed by atoms with Gasteiger partial charge in [0.1, 0.15) is 11.1 Å². The molecule has 1 saturated heterocycles. The van der Waals surface area contributed by atoms with Gasteiger partial charge < -0.3 is 9.64 Å². The third-order valence-electron chi connectivity index (χ3n) is 6.38. The van der Waals surface area contributed by atoms with E-state index >= 15 is 4.39 Å². The molecule has 0 N–H and O–H groups in total. The van der Waals surface area contributed by atoms with Gasteiger partial charge >= 0.3 is 6.09 Å². The Hall–Kier alpha value is -2.40. The third-order valence-corrected chi connectivity index (χ3v) is 6.63. The lowest BCUT2D eigenvalue weighted by Crippen LogP contribution is -2.36. The van der Waals surface area contributed by atoms with Crippen molar-refractivity contribution in [3.05, 3.63) is 22.4 Å². The van der Waals surface area contributed by atoms with Crippen LogP contribution < -0.4 is 0 Å². The Kier molecular flexibility index (Phi) is 4.67. The number of aryl methyl sites for hydroxylation is 1. The molecule has 0 spiro atoms. The Labute approximate surface area is 185 Å². The molecule has 2 atom stereocenters. The molecule has 31 heavy (non-hydrogen) atoms. The topological polar surface area (TPSA) is 84.0 Å². The molecule has 5 rings (SSSR count). The van der Waals surface area contributed by atoms with Gasteiger partial charge in [0.2, 0.25) is 0 Å². The Bertz CT molecular complexity index is 1100. The lowest BCUT2D eigenvalue weighted by atomic mass is 10.0. The van der Waals surface area contributed by atoms with Gasteiger partial charge in [-0.1, -0.05) is 11.6 Å². The molecule has 1 aliphatic heterocycles. The summed E-state index contributed by atoms with van der Waals surface area (Å²) in [4.78, 5) is 18.5. The largest absolute Gasteiger partial charge is 0.444 e.